The summed E-state index contributed by atoms with van der Waals surface area (Å²) < 4.78 is 2.09. The molecule has 0 bridgehead atoms. The van der Waals surface area contributed by atoms with Crippen LogP contribution in [0.5, 0.6) is 5.75 Å². The molecule has 0 spiro atoms. The third kappa shape index (κ3) is 3.02. The molecule has 2 heterocycles. The van der Waals surface area contributed by atoms with Crippen LogP contribution in [0, 0.1) is 0 Å². The van der Waals surface area contributed by atoms with E-state index in [1.165, 1.54) is 50.5 Å². The van der Waals surface area contributed by atoms with E-state index in [1.54, 1.807) is 17.0 Å². The minimum absolute atomic E-state index is 0.154. The van der Waals surface area contributed by atoms with Crippen molar-refractivity contribution in [2.75, 3.05) is 13.1 Å². The zero-order valence-corrected chi connectivity index (χ0v) is 14.1. The molecule has 24 heavy (non-hydrogen) atoms. The molecule has 2 N–H and O–H groups in total. The van der Waals surface area contributed by atoms with Gasteiger partial charge in [-0.15, -0.1) is 5.10 Å². The largest absolute Gasteiger partial charge is 0.508 e. The molecule has 1 aromatic carbocycles. The van der Waals surface area contributed by atoms with Gasteiger partial charge in [0.15, 0.2) is 6.04 Å². The molecule has 6 nitrogen and oxygen atoms in total. The van der Waals surface area contributed by atoms with Gasteiger partial charge < -0.3 is 10.0 Å². The summed E-state index contributed by atoms with van der Waals surface area (Å²) in [7, 11) is 0. The van der Waals surface area contributed by atoms with Gasteiger partial charge in [-0.25, -0.2) is 4.68 Å². The van der Waals surface area contributed by atoms with Crippen LogP contribution < -0.4 is 4.90 Å². The van der Waals surface area contributed by atoms with Crippen LogP contribution in [-0.4, -0.2) is 38.4 Å². The Morgan fingerprint density at radius 2 is 1.71 bits per heavy atom. The fraction of sp³-hybridized carbons (Fsp3) is 0.611. The highest BCUT2D eigenvalue weighted by atomic mass is 16.3. The lowest BCUT2D eigenvalue weighted by atomic mass is 10.0. The first-order valence-corrected chi connectivity index (χ1v) is 9.24. The molecule has 1 saturated heterocycles. The molecule has 2 aliphatic rings. The second-order valence-corrected chi connectivity index (χ2v) is 7.16. The van der Waals surface area contributed by atoms with E-state index in [2.05, 4.69) is 20.2 Å². The average molecular weight is 328 g/mol. The van der Waals surface area contributed by atoms with Gasteiger partial charge in [0.05, 0.1) is 19.1 Å². The molecule has 4 rings (SSSR count). The summed E-state index contributed by atoms with van der Waals surface area (Å²) in [5, 5.41) is 22.5. The van der Waals surface area contributed by atoms with Crippen LogP contribution in [0.4, 0.5) is 0 Å². The monoisotopic (exact) mass is 328 g/mol. The van der Waals surface area contributed by atoms with E-state index in [9.17, 15) is 5.11 Å². The van der Waals surface area contributed by atoms with Crippen LogP contribution in [-0.2, 0) is 0 Å². The van der Waals surface area contributed by atoms with Crippen molar-refractivity contribution in [3.05, 3.63) is 35.7 Å². The minimum atomic E-state index is 0.154. The van der Waals surface area contributed by atoms with Gasteiger partial charge in [0.25, 0.3) is 0 Å². The lowest BCUT2D eigenvalue weighted by Crippen LogP contribution is -3.13. The molecule has 6 heteroatoms. The van der Waals surface area contributed by atoms with Gasteiger partial charge in [0.1, 0.15) is 5.75 Å². The molecule has 0 amide bonds. The molecule has 1 saturated carbocycles. The van der Waals surface area contributed by atoms with E-state index >= 15 is 0 Å². The maximum atomic E-state index is 9.65. The van der Waals surface area contributed by atoms with Gasteiger partial charge in [-0.05, 0) is 66.8 Å². The second-order valence-electron chi connectivity index (χ2n) is 7.16. The molecule has 0 radical (unpaired) electrons. The van der Waals surface area contributed by atoms with Crippen LogP contribution in [0.15, 0.2) is 24.3 Å². The molecule has 2 fully saturated rings. The first kappa shape index (κ1) is 15.6. The van der Waals surface area contributed by atoms with Crippen LogP contribution in [0.25, 0.3) is 0 Å². The van der Waals surface area contributed by atoms with Crippen molar-refractivity contribution in [1.82, 2.24) is 20.2 Å². The van der Waals surface area contributed by atoms with Gasteiger partial charge in [0, 0.05) is 5.56 Å². The summed E-state index contributed by atoms with van der Waals surface area (Å²) >= 11 is 0. The summed E-state index contributed by atoms with van der Waals surface area (Å²) in [6, 6.07) is 8.19. The Labute approximate surface area is 142 Å². The highest BCUT2D eigenvalue weighted by molar-refractivity contribution is 5.29. The number of aromatic hydroxyl groups is 1. The first-order valence-electron chi connectivity index (χ1n) is 9.24. The normalized spacial score (nSPS) is 21.2. The molecule has 1 aliphatic heterocycles. The van der Waals surface area contributed by atoms with E-state index in [-0.39, 0.29) is 6.04 Å². The second kappa shape index (κ2) is 6.89. The van der Waals surface area contributed by atoms with Crippen molar-refractivity contribution >= 4 is 0 Å². The van der Waals surface area contributed by atoms with Crippen molar-refractivity contribution in [1.29, 1.82) is 0 Å². The number of phenolic OH excluding ortho intramolecular Hbond substituents is 1. The SMILES string of the molecule is Oc1ccc([C@H](c2nnnn2C2CCCC2)[NH+]2CCCCC2)cc1. The molecule has 1 aromatic heterocycles. The number of tetrazole rings is 1. The van der Waals surface area contributed by atoms with Gasteiger partial charge in [-0.2, -0.15) is 0 Å². The van der Waals surface area contributed by atoms with Gasteiger partial charge >= 0.3 is 0 Å². The van der Waals surface area contributed by atoms with Gasteiger partial charge in [-0.3, -0.25) is 0 Å². The number of piperidine rings is 1. The fourth-order valence-corrected chi connectivity index (χ4v) is 4.33. The van der Waals surface area contributed by atoms with Gasteiger partial charge in [-0.1, -0.05) is 12.8 Å². The topological polar surface area (TPSA) is 68.3 Å². The fourth-order valence-electron chi connectivity index (χ4n) is 4.33. The van der Waals surface area contributed by atoms with E-state index in [1.807, 2.05) is 12.1 Å². The summed E-state index contributed by atoms with van der Waals surface area (Å²) in [6.45, 7) is 2.31. The Hall–Kier alpha value is -1.95. The number of likely N-dealkylation sites (tertiary alicyclic amines) is 1. The number of aromatic nitrogens is 4. The van der Waals surface area contributed by atoms with E-state index in [0.717, 1.165) is 18.9 Å². The zero-order valence-electron chi connectivity index (χ0n) is 14.1. The molecular formula is C18H26N5O+. The van der Waals surface area contributed by atoms with Crippen LogP contribution >= 0.6 is 0 Å². The molecule has 2 aromatic rings. The molecule has 1 aliphatic carbocycles. The molecular weight excluding hydrogens is 302 g/mol. The Balaban J connectivity index is 1.72. The Kier molecular flexibility index (Phi) is 4.47. The highest BCUT2D eigenvalue weighted by Gasteiger charge is 2.34. The van der Waals surface area contributed by atoms with E-state index < -0.39 is 0 Å². The first-order chi connectivity index (χ1) is 11.8. The van der Waals surface area contributed by atoms with Crippen molar-refractivity contribution in [3.8, 4) is 5.75 Å². The Bertz CT molecular complexity index is 656. The maximum absolute atomic E-state index is 9.65. The van der Waals surface area contributed by atoms with Crippen LogP contribution in [0.1, 0.15) is 68.4 Å². The minimum Gasteiger partial charge on any atom is -0.508 e. The quantitative estimate of drug-likeness (QED) is 0.895. The summed E-state index contributed by atoms with van der Waals surface area (Å²) in [5.74, 6) is 1.30. The third-order valence-corrected chi connectivity index (χ3v) is 5.58. The number of benzene rings is 1. The van der Waals surface area contributed by atoms with Gasteiger partial charge in [0.2, 0.25) is 5.82 Å². The summed E-state index contributed by atoms with van der Waals surface area (Å²) in [5.41, 5.74) is 1.19. The maximum Gasteiger partial charge on any atom is 0.214 e. The van der Waals surface area contributed by atoms with E-state index in [4.69, 9.17) is 0 Å². The smallest absolute Gasteiger partial charge is 0.214 e. The average Bonchev–Trinajstić information content (AvgIpc) is 3.29. The lowest BCUT2D eigenvalue weighted by molar-refractivity contribution is -0.931. The van der Waals surface area contributed by atoms with Crippen LogP contribution in [0.3, 0.4) is 0 Å². The third-order valence-electron chi connectivity index (χ3n) is 5.58. The molecule has 0 unspecified atom stereocenters. The predicted octanol–water partition coefficient (Wildman–Crippen LogP) is 1.65. The number of rotatable bonds is 4. The zero-order chi connectivity index (χ0) is 16.4. The summed E-state index contributed by atoms with van der Waals surface area (Å²) in [6.07, 6.45) is 8.73. The van der Waals surface area contributed by atoms with Crippen molar-refractivity contribution < 1.29 is 10.0 Å². The number of nitrogens with one attached hydrogen (secondary N) is 1. The number of hydrogen-bond donors (Lipinski definition) is 2. The van der Waals surface area contributed by atoms with Crippen LogP contribution in [0.2, 0.25) is 0 Å². The number of hydrogen-bond acceptors (Lipinski definition) is 4. The number of nitrogens with zero attached hydrogens (tertiary/aromatic N) is 4. The number of quaternary nitrogens is 1. The standard InChI is InChI=1S/C18H25N5O/c24-16-10-8-14(9-11-16)17(22-12-4-1-5-13-22)18-19-20-21-23(18)15-6-2-3-7-15/h8-11,15,17,24H,1-7,12-13H2/p+1/t17-/m1/s1. The Morgan fingerprint density at radius 3 is 2.42 bits per heavy atom. The molecule has 128 valence electrons. The van der Waals surface area contributed by atoms with Crippen molar-refractivity contribution in [3.63, 3.8) is 0 Å². The van der Waals surface area contributed by atoms with E-state index in [0.29, 0.717) is 11.8 Å². The molecule has 1 atom stereocenters. The summed E-state index contributed by atoms with van der Waals surface area (Å²) in [4.78, 5) is 1.54. The highest BCUT2D eigenvalue weighted by Crippen LogP contribution is 2.31. The van der Waals surface area contributed by atoms with Crippen molar-refractivity contribution in [2.24, 2.45) is 0 Å². The predicted molar refractivity (Wildman–Crippen MR) is 89.8 cm³/mol. The number of phenols is 1. The Morgan fingerprint density at radius 1 is 1.00 bits per heavy atom. The van der Waals surface area contributed by atoms with Crippen molar-refractivity contribution in [2.45, 2.75) is 57.0 Å². The lowest BCUT2D eigenvalue weighted by Gasteiger charge is -2.31.